The Balaban J connectivity index is 1.96. The van der Waals surface area contributed by atoms with Gasteiger partial charge in [-0.1, -0.05) is 49.6 Å². The summed E-state index contributed by atoms with van der Waals surface area (Å²) in [6.45, 7) is 0. The van der Waals surface area contributed by atoms with Gasteiger partial charge in [0.05, 0.1) is 11.0 Å². The van der Waals surface area contributed by atoms with Crippen molar-refractivity contribution in [3.05, 3.63) is 65.5 Å². The fourth-order valence-electron chi connectivity index (χ4n) is 4.62. The molecule has 5 nitrogen and oxygen atoms in total. The molecule has 0 saturated heterocycles. The Morgan fingerprint density at radius 1 is 1.13 bits per heavy atom. The molecule has 1 amide bonds. The van der Waals surface area contributed by atoms with Gasteiger partial charge in [0, 0.05) is 19.2 Å². The van der Waals surface area contributed by atoms with Crippen molar-refractivity contribution in [2.75, 3.05) is 7.11 Å². The molecule has 1 aliphatic rings. The maximum atomic E-state index is 14.2. The van der Waals surface area contributed by atoms with Gasteiger partial charge >= 0.3 is 0 Å². The number of nitrogens with two attached hydrogens (primary N) is 1. The Morgan fingerprint density at radius 2 is 1.80 bits per heavy atom. The molecule has 0 bridgehead atoms. The van der Waals surface area contributed by atoms with Gasteiger partial charge < -0.3 is 15.0 Å². The van der Waals surface area contributed by atoms with Crippen molar-refractivity contribution in [2.45, 2.75) is 44.2 Å². The first-order valence-electron chi connectivity index (χ1n) is 10.2. The number of hydrogen-bond acceptors (Lipinski definition) is 3. The van der Waals surface area contributed by atoms with E-state index in [2.05, 4.69) is 4.98 Å². The van der Waals surface area contributed by atoms with Gasteiger partial charge in [0.25, 0.3) is 0 Å². The Labute approximate surface area is 173 Å². The van der Waals surface area contributed by atoms with Crippen molar-refractivity contribution >= 4 is 16.9 Å². The third-order valence-corrected chi connectivity index (χ3v) is 6.00. The molecule has 7 heteroatoms. The topological polar surface area (TPSA) is 70.1 Å². The van der Waals surface area contributed by atoms with E-state index in [-0.39, 0.29) is 11.4 Å². The first-order valence-corrected chi connectivity index (χ1v) is 10.2. The molecule has 1 unspecified atom stereocenters. The van der Waals surface area contributed by atoms with Crippen LogP contribution >= 0.6 is 0 Å². The van der Waals surface area contributed by atoms with Crippen LogP contribution < -0.4 is 5.73 Å². The highest BCUT2D eigenvalue weighted by atomic mass is 19.2. The molecule has 2 aromatic carbocycles. The maximum Gasteiger partial charge on any atom is 0.240 e. The van der Waals surface area contributed by atoms with Crippen LogP contribution in [-0.4, -0.2) is 22.6 Å². The van der Waals surface area contributed by atoms with Crippen LogP contribution in [-0.2, 0) is 9.53 Å². The molecule has 1 aliphatic carbocycles. The van der Waals surface area contributed by atoms with Crippen LogP contribution in [0.2, 0.25) is 0 Å². The molecule has 30 heavy (non-hydrogen) atoms. The van der Waals surface area contributed by atoms with Crippen LogP contribution in [0.1, 0.15) is 55.6 Å². The number of hydrogen-bond donors (Lipinski definition) is 1. The molecule has 3 aromatic rings. The molecule has 1 saturated carbocycles. The number of primary amides is 1. The minimum atomic E-state index is -0.990. The normalized spacial score (nSPS) is 17.2. The van der Waals surface area contributed by atoms with Crippen molar-refractivity contribution in [3.63, 3.8) is 0 Å². The standard InChI is InChI=1S/C23H25F2N3O2/c1-30-21(15-10-6-3-7-11-15)23-27-18-12-16(24)17(25)13-19(18)28(23)20(22(26)29)14-8-4-2-5-9-14/h3,6-7,10-14,20-21H,2,4-5,8-9H2,1H3,(H2,26,29)/t20?,21-/m0/s1. The van der Waals surface area contributed by atoms with E-state index < -0.39 is 29.7 Å². The number of ether oxygens (including phenoxy) is 1. The Kier molecular flexibility index (Phi) is 5.81. The average Bonchev–Trinajstić information content (AvgIpc) is 3.08. The highest BCUT2D eigenvalue weighted by Crippen LogP contribution is 2.38. The first kappa shape index (κ1) is 20.5. The van der Waals surface area contributed by atoms with Crippen LogP contribution in [0.25, 0.3) is 11.0 Å². The van der Waals surface area contributed by atoms with Crippen molar-refractivity contribution in [2.24, 2.45) is 11.7 Å². The number of fused-ring (bicyclic) bond motifs is 1. The Hall–Kier alpha value is -2.80. The van der Waals surface area contributed by atoms with E-state index in [4.69, 9.17) is 10.5 Å². The van der Waals surface area contributed by atoms with Gasteiger partial charge in [-0.15, -0.1) is 0 Å². The minimum absolute atomic E-state index is 0.00814. The van der Waals surface area contributed by atoms with Crippen LogP contribution in [0.3, 0.4) is 0 Å². The van der Waals surface area contributed by atoms with Crippen molar-refractivity contribution in [3.8, 4) is 0 Å². The number of methoxy groups -OCH3 is 1. The van der Waals surface area contributed by atoms with Crippen LogP contribution in [0, 0.1) is 17.6 Å². The maximum absolute atomic E-state index is 14.2. The highest BCUT2D eigenvalue weighted by Gasteiger charge is 2.35. The highest BCUT2D eigenvalue weighted by molar-refractivity contribution is 5.84. The molecular weight excluding hydrogens is 388 g/mol. The molecule has 0 aliphatic heterocycles. The summed E-state index contributed by atoms with van der Waals surface area (Å²) >= 11 is 0. The molecule has 1 fully saturated rings. The van der Waals surface area contributed by atoms with Crippen LogP contribution in [0.15, 0.2) is 42.5 Å². The number of aromatic nitrogens is 2. The largest absolute Gasteiger partial charge is 0.369 e. The number of amides is 1. The minimum Gasteiger partial charge on any atom is -0.369 e. The lowest BCUT2D eigenvalue weighted by Crippen LogP contribution is -2.35. The van der Waals surface area contributed by atoms with Gasteiger partial charge in [0.1, 0.15) is 18.0 Å². The molecule has 4 rings (SSSR count). The van der Waals surface area contributed by atoms with Crippen molar-refractivity contribution in [1.29, 1.82) is 0 Å². The van der Waals surface area contributed by atoms with E-state index in [1.807, 2.05) is 30.3 Å². The van der Waals surface area contributed by atoms with Crippen LogP contribution in [0.5, 0.6) is 0 Å². The molecule has 158 valence electrons. The number of halogens is 2. The van der Waals surface area contributed by atoms with Crippen molar-refractivity contribution in [1.82, 2.24) is 9.55 Å². The van der Waals surface area contributed by atoms with E-state index in [9.17, 15) is 13.6 Å². The summed E-state index contributed by atoms with van der Waals surface area (Å²) in [4.78, 5) is 17.2. The lowest BCUT2D eigenvalue weighted by molar-refractivity contribution is -0.123. The van der Waals surface area contributed by atoms with E-state index >= 15 is 0 Å². The molecular formula is C23H25F2N3O2. The Bertz CT molecular complexity index is 1050. The van der Waals surface area contributed by atoms with E-state index in [1.165, 1.54) is 0 Å². The third-order valence-electron chi connectivity index (χ3n) is 6.00. The van der Waals surface area contributed by atoms with Gasteiger partial charge in [-0.05, 0) is 24.3 Å². The van der Waals surface area contributed by atoms with E-state index in [0.29, 0.717) is 11.3 Å². The zero-order chi connectivity index (χ0) is 21.3. The van der Waals surface area contributed by atoms with Gasteiger partial charge in [0.2, 0.25) is 5.91 Å². The number of nitrogens with zero attached hydrogens (tertiary/aromatic N) is 2. The van der Waals surface area contributed by atoms with Gasteiger partial charge in [-0.25, -0.2) is 13.8 Å². The number of carbonyl (C=O) groups excluding carboxylic acids is 1. The van der Waals surface area contributed by atoms with E-state index in [0.717, 1.165) is 49.8 Å². The monoisotopic (exact) mass is 413 g/mol. The summed E-state index contributed by atoms with van der Waals surface area (Å²) in [6.07, 6.45) is 4.20. The fraction of sp³-hybridized carbons (Fsp3) is 0.391. The molecule has 2 atom stereocenters. The lowest BCUT2D eigenvalue weighted by Gasteiger charge is -2.31. The second kappa shape index (κ2) is 8.52. The van der Waals surface area contributed by atoms with E-state index in [1.54, 1.807) is 11.7 Å². The second-order valence-electron chi connectivity index (χ2n) is 7.87. The zero-order valence-corrected chi connectivity index (χ0v) is 16.9. The summed E-state index contributed by atoms with van der Waals surface area (Å²) < 4.78 is 35.6. The molecule has 1 heterocycles. The summed E-state index contributed by atoms with van der Waals surface area (Å²) in [5.41, 5.74) is 7.31. The summed E-state index contributed by atoms with van der Waals surface area (Å²) in [7, 11) is 1.54. The van der Waals surface area contributed by atoms with Gasteiger partial charge in [-0.2, -0.15) is 0 Å². The first-order chi connectivity index (χ1) is 14.5. The predicted octanol–water partition coefficient (Wildman–Crippen LogP) is 4.66. The zero-order valence-electron chi connectivity index (χ0n) is 16.9. The number of rotatable bonds is 6. The molecule has 1 aromatic heterocycles. The van der Waals surface area contributed by atoms with Gasteiger partial charge in [-0.3, -0.25) is 4.79 Å². The molecule has 2 N–H and O–H groups in total. The predicted molar refractivity (Wildman–Crippen MR) is 110 cm³/mol. The summed E-state index contributed by atoms with van der Waals surface area (Å²) in [5.74, 6) is -2.06. The number of carbonyl (C=O) groups is 1. The number of imidazole rings is 1. The van der Waals surface area contributed by atoms with Crippen molar-refractivity contribution < 1.29 is 18.3 Å². The molecule has 0 spiro atoms. The fourth-order valence-corrected chi connectivity index (χ4v) is 4.62. The molecule has 0 radical (unpaired) electrons. The third kappa shape index (κ3) is 3.69. The average molecular weight is 413 g/mol. The summed E-state index contributed by atoms with van der Waals surface area (Å²) in [6, 6.07) is 10.9. The smallest absolute Gasteiger partial charge is 0.240 e. The van der Waals surface area contributed by atoms with Gasteiger partial charge in [0.15, 0.2) is 11.6 Å². The Morgan fingerprint density at radius 3 is 2.43 bits per heavy atom. The number of benzene rings is 2. The SMILES string of the molecule is CO[C@@H](c1ccccc1)c1nc2cc(F)c(F)cc2n1C(C(N)=O)C1CCCCC1. The van der Waals surface area contributed by atoms with Crippen LogP contribution in [0.4, 0.5) is 8.78 Å². The summed E-state index contributed by atoms with van der Waals surface area (Å²) in [5, 5.41) is 0. The second-order valence-corrected chi connectivity index (χ2v) is 7.87. The lowest BCUT2D eigenvalue weighted by atomic mass is 9.83. The quantitative estimate of drug-likeness (QED) is 0.639.